The molecule has 3 atom stereocenters. The lowest BCUT2D eigenvalue weighted by Crippen LogP contribution is -2.55. The maximum Gasteiger partial charge on any atom is 0.435 e. The molecule has 1 saturated heterocycles. The first-order valence-electron chi connectivity index (χ1n) is 12.2. The molecule has 1 aliphatic carbocycles. The van der Waals surface area contributed by atoms with E-state index in [1.54, 1.807) is 13.8 Å². The largest absolute Gasteiger partial charge is 0.435 e. The number of fused-ring (bicyclic) bond motifs is 3. The molecular formula is C26H24F7I2NO4S. The Bertz CT molecular complexity index is 1440. The molecule has 2 aromatic carbocycles. The minimum atomic E-state index is -6.33. The van der Waals surface area contributed by atoms with Crippen LogP contribution in [0, 0.1) is 3.57 Å². The second-order valence-corrected chi connectivity index (χ2v) is 16.9. The summed E-state index contributed by atoms with van der Waals surface area (Å²) in [7, 11) is -4.44. The number of rotatable bonds is 5. The molecule has 0 spiro atoms. The summed E-state index contributed by atoms with van der Waals surface area (Å²) in [6.45, 7) is 3.06. The maximum atomic E-state index is 14.9. The van der Waals surface area contributed by atoms with Gasteiger partial charge in [-0.3, -0.25) is 4.79 Å². The average molecular weight is 833 g/mol. The first-order chi connectivity index (χ1) is 18.6. The lowest BCUT2D eigenvalue weighted by Gasteiger charge is -2.43. The van der Waals surface area contributed by atoms with Crippen LogP contribution in [0.1, 0.15) is 43.4 Å². The van der Waals surface area contributed by atoms with Crippen molar-refractivity contribution < 1.29 is 49.1 Å². The number of hydrogen-bond acceptors (Lipinski definition) is 4. The quantitative estimate of drug-likeness (QED) is 0.216. The summed E-state index contributed by atoms with van der Waals surface area (Å²) in [5.41, 5.74) is -7.67. The Morgan fingerprint density at radius 1 is 1.02 bits per heavy atom. The van der Waals surface area contributed by atoms with Gasteiger partial charge in [0.2, 0.25) is 0 Å². The normalized spacial score (nSPS) is 22.7. The van der Waals surface area contributed by atoms with Crippen LogP contribution in [0.15, 0.2) is 47.4 Å². The first kappa shape index (κ1) is 32.7. The van der Waals surface area contributed by atoms with E-state index in [9.17, 15) is 49.1 Å². The second kappa shape index (κ2) is 10.5. The number of carbonyl (C=O) groups is 1. The van der Waals surface area contributed by atoms with Crippen molar-refractivity contribution in [3.8, 4) is 0 Å². The molecule has 0 radical (unpaired) electrons. The molecule has 0 saturated carbocycles. The number of sulfone groups is 1. The van der Waals surface area contributed by atoms with E-state index in [-0.39, 0.29) is 41.8 Å². The summed E-state index contributed by atoms with van der Waals surface area (Å²) < 4.78 is 122. The van der Waals surface area contributed by atoms with Crippen molar-refractivity contribution in [2.24, 2.45) is 0 Å². The number of alkyl halides is 8. The predicted octanol–water partition coefficient (Wildman–Crippen LogP) is 6.37. The molecule has 4 rings (SSSR count). The highest BCUT2D eigenvalue weighted by Gasteiger charge is 2.74. The Morgan fingerprint density at radius 3 is 2.10 bits per heavy atom. The van der Waals surface area contributed by atoms with E-state index in [1.165, 1.54) is 29.2 Å². The van der Waals surface area contributed by atoms with Crippen molar-refractivity contribution in [3.63, 3.8) is 0 Å². The number of carbonyl (C=O) groups excluding carboxylic acids is 1. The van der Waals surface area contributed by atoms with E-state index in [4.69, 9.17) is 0 Å². The number of aryl methyl sites for hydroxylation is 1. The van der Waals surface area contributed by atoms with Gasteiger partial charge in [-0.1, -0.05) is 40.8 Å². The van der Waals surface area contributed by atoms with Gasteiger partial charge < -0.3 is 10.0 Å². The molecule has 1 fully saturated rings. The van der Waals surface area contributed by atoms with Gasteiger partial charge in [0.15, 0.2) is 9.84 Å². The van der Waals surface area contributed by atoms with Crippen LogP contribution in [0.4, 0.5) is 30.7 Å². The third-order valence-electron chi connectivity index (χ3n) is 7.84. The van der Waals surface area contributed by atoms with Crippen LogP contribution in [-0.2, 0) is 31.5 Å². The Balaban J connectivity index is 1.95. The van der Waals surface area contributed by atoms with Gasteiger partial charge in [0.05, 0.1) is 14.4 Å². The Labute approximate surface area is 259 Å². The molecule has 0 aromatic heterocycles. The first-order valence-corrected chi connectivity index (χ1v) is 15.9. The number of aliphatic hydroxyl groups is 1. The molecule has 5 nitrogen and oxygen atoms in total. The molecule has 41 heavy (non-hydrogen) atoms. The van der Waals surface area contributed by atoms with Crippen LogP contribution in [-0.4, -0.2) is 58.8 Å². The monoisotopic (exact) mass is 833 g/mol. The van der Waals surface area contributed by atoms with Crippen molar-refractivity contribution >= 4 is 60.9 Å². The Morgan fingerprint density at radius 2 is 1.59 bits per heavy atom. The van der Waals surface area contributed by atoms with Crippen molar-refractivity contribution in [3.05, 3.63) is 62.7 Å². The summed E-state index contributed by atoms with van der Waals surface area (Å²) in [5, 5.41) is 10.7. The lowest BCUT2D eigenvalue weighted by atomic mass is 9.76. The zero-order valence-corrected chi connectivity index (χ0v) is 26.6. The van der Waals surface area contributed by atoms with Gasteiger partial charge in [-0.25, -0.2) is 12.8 Å². The molecule has 2 aliphatic rings. The molecule has 0 bridgehead atoms. The fraction of sp³-hybridized carbons (Fsp3) is 0.500. The van der Waals surface area contributed by atoms with E-state index in [1.807, 2.05) is 45.2 Å². The molecule has 1 N–H and O–H groups in total. The number of likely N-dealkylation sites (tertiary alicyclic amines) is 1. The highest BCUT2D eigenvalue weighted by atomic mass is 127. The molecule has 0 unspecified atom stereocenters. The van der Waals surface area contributed by atoms with Crippen LogP contribution in [0.2, 0.25) is 0 Å². The summed E-state index contributed by atoms with van der Waals surface area (Å²) in [4.78, 5) is 14.5. The van der Waals surface area contributed by atoms with Crippen LogP contribution >= 0.6 is 45.2 Å². The maximum absolute atomic E-state index is 14.9. The van der Waals surface area contributed by atoms with Gasteiger partial charge in [0, 0.05) is 15.7 Å². The third-order valence-corrected chi connectivity index (χ3v) is 11.7. The van der Waals surface area contributed by atoms with E-state index >= 15 is 0 Å². The fourth-order valence-electron chi connectivity index (χ4n) is 5.77. The smallest absolute Gasteiger partial charge is 0.382 e. The van der Waals surface area contributed by atoms with Crippen LogP contribution in [0.3, 0.4) is 0 Å². The number of halogens is 9. The molecule has 1 amide bonds. The van der Waals surface area contributed by atoms with E-state index in [0.717, 1.165) is 6.07 Å². The fourth-order valence-corrected chi connectivity index (χ4v) is 8.76. The number of aliphatic hydroxyl groups excluding tert-OH is 1. The highest BCUT2D eigenvalue weighted by Crippen LogP contribution is 2.56. The third kappa shape index (κ3) is 5.07. The SMILES string of the molecule is CC(C)(I)[C@H](O)C(=O)N1CC[C@@]2(S(=O)(=O)c3ccc(I)cc3)c3ccc(C(F)(C(F)(F)F)C(F)(F)F)cc3CC[C@@H]12. The van der Waals surface area contributed by atoms with Gasteiger partial charge in [0.1, 0.15) is 10.9 Å². The number of amides is 1. The average Bonchev–Trinajstić information content (AvgIpc) is 3.27. The minimum absolute atomic E-state index is 0.0960. The number of benzene rings is 2. The topological polar surface area (TPSA) is 74.7 Å². The molecule has 2 aromatic rings. The number of nitrogens with zero attached hydrogens (tertiary/aromatic N) is 1. The van der Waals surface area contributed by atoms with Gasteiger partial charge in [0.25, 0.3) is 5.91 Å². The highest BCUT2D eigenvalue weighted by molar-refractivity contribution is 14.1. The van der Waals surface area contributed by atoms with Gasteiger partial charge in [-0.2, -0.15) is 26.3 Å². The summed E-state index contributed by atoms with van der Waals surface area (Å²) in [5.74, 6) is -0.744. The van der Waals surface area contributed by atoms with Crippen molar-refractivity contribution in [2.75, 3.05) is 6.54 Å². The zero-order valence-electron chi connectivity index (χ0n) is 21.5. The van der Waals surface area contributed by atoms with E-state index in [2.05, 4.69) is 0 Å². The summed E-state index contributed by atoms with van der Waals surface area (Å²) in [6, 6.07) is 6.18. The number of hydrogen-bond donors (Lipinski definition) is 1. The van der Waals surface area contributed by atoms with E-state index in [0.29, 0.717) is 15.7 Å². The zero-order chi connectivity index (χ0) is 31.0. The summed E-state index contributed by atoms with van der Waals surface area (Å²) >= 11 is 3.84. The van der Waals surface area contributed by atoms with Crippen LogP contribution < -0.4 is 0 Å². The van der Waals surface area contributed by atoms with Gasteiger partial charge >= 0.3 is 18.0 Å². The standard InChI is InChI=1S/C26H24F7I2NO4S/c1-22(2,35)20(37)21(38)36-12-11-23(41(39,40)17-7-5-16(34)6-8-17)18-9-4-15(13-14(18)3-10-19(23)36)24(27,25(28,29)30)26(31,32)33/h4-9,13,19-20,37H,3,10-12H2,1-2H3/t19-,20-,23-/m1/s1. The van der Waals surface area contributed by atoms with Crippen LogP contribution in [0.25, 0.3) is 0 Å². The Hall–Kier alpha value is -1.21. The van der Waals surface area contributed by atoms with Crippen molar-refractivity contribution in [1.29, 1.82) is 0 Å². The predicted molar refractivity (Wildman–Crippen MR) is 152 cm³/mol. The molecular weight excluding hydrogens is 809 g/mol. The Kier molecular flexibility index (Phi) is 8.34. The lowest BCUT2D eigenvalue weighted by molar-refractivity contribution is -0.348. The van der Waals surface area contributed by atoms with Crippen LogP contribution in [0.5, 0.6) is 0 Å². The van der Waals surface area contributed by atoms with Gasteiger partial charge in [-0.15, -0.1) is 0 Å². The van der Waals surface area contributed by atoms with Crippen molar-refractivity contribution in [2.45, 2.75) is 76.3 Å². The second-order valence-electron chi connectivity index (χ2n) is 10.7. The van der Waals surface area contributed by atoms with Gasteiger partial charge in [-0.05, 0) is 91.1 Å². The summed E-state index contributed by atoms with van der Waals surface area (Å²) in [6.07, 6.45) is -14.8. The molecule has 1 aliphatic heterocycles. The van der Waals surface area contributed by atoms with Crippen molar-refractivity contribution in [1.82, 2.24) is 4.90 Å². The van der Waals surface area contributed by atoms with E-state index < -0.39 is 59.6 Å². The minimum Gasteiger partial charge on any atom is -0.382 e. The molecule has 1 heterocycles. The molecule has 15 heteroatoms. The molecule has 226 valence electrons.